The van der Waals surface area contributed by atoms with Gasteiger partial charge in [0, 0.05) is 61.3 Å². The Bertz CT molecular complexity index is 2570. The number of H-pyrrole nitrogens is 1. The SMILES string of the molecule is C[C@@]1(c2cccc3[nH]c(C(=O)N4CCC(c5cccc(CN)c5)CC4)cc23)OB(c2cccc(-c3cccc(C(=O)N4CCC(c5cccc(CN)c5)CC4)c3)c2)OC1=O. The zero-order valence-corrected chi connectivity index (χ0v) is 33.9. The van der Waals surface area contributed by atoms with Crippen LogP contribution >= 0.6 is 0 Å². The molecule has 304 valence electrons. The molecule has 0 aliphatic carbocycles. The molecular formula is C49H50BN5O5. The summed E-state index contributed by atoms with van der Waals surface area (Å²) in [6, 6.07) is 39.7. The minimum absolute atomic E-state index is 0.0177. The van der Waals surface area contributed by atoms with Crippen LogP contribution in [0.15, 0.2) is 121 Å². The van der Waals surface area contributed by atoms with Crippen molar-refractivity contribution in [3.8, 4) is 11.1 Å². The van der Waals surface area contributed by atoms with Gasteiger partial charge in [-0.2, -0.15) is 0 Å². The number of rotatable bonds is 9. The summed E-state index contributed by atoms with van der Waals surface area (Å²) >= 11 is 0. The fourth-order valence-corrected chi connectivity index (χ4v) is 9.32. The van der Waals surface area contributed by atoms with E-state index in [0.29, 0.717) is 73.4 Å². The lowest BCUT2D eigenvalue weighted by atomic mass is 9.77. The first kappa shape index (κ1) is 39.5. The highest BCUT2D eigenvalue weighted by Crippen LogP contribution is 2.39. The van der Waals surface area contributed by atoms with Crippen LogP contribution in [0, 0.1) is 0 Å². The van der Waals surface area contributed by atoms with Gasteiger partial charge in [-0.05, 0) is 108 Å². The summed E-state index contributed by atoms with van der Waals surface area (Å²) in [5.41, 5.74) is 20.0. The quantitative estimate of drug-likeness (QED) is 0.134. The third-order valence-electron chi connectivity index (χ3n) is 12.8. The summed E-state index contributed by atoms with van der Waals surface area (Å²) in [7, 11) is -0.957. The molecule has 10 nitrogen and oxygen atoms in total. The molecule has 11 heteroatoms. The Hall–Kier alpha value is -6.01. The third kappa shape index (κ3) is 7.64. The van der Waals surface area contributed by atoms with Gasteiger partial charge in [0.25, 0.3) is 11.8 Å². The molecule has 3 fully saturated rings. The second kappa shape index (κ2) is 16.6. The van der Waals surface area contributed by atoms with Gasteiger partial charge in [-0.1, -0.05) is 97.1 Å². The average Bonchev–Trinajstić information content (AvgIpc) is 3.89. The molecule has 3 aliphatic heterocycles. The Morgan fingerprint density at radius 1 is 0.700 bits per heavy atom. The van der Waals surface area contributed by atoms with Crippen molar-refractivity contribution in [2.45, 2.75) is 63.1 Å². The number of hydrogen-bond donors (Lipinski definition) is 3. The van der Waals surface area contributed by atoms with E-state index in [1.807, 2.05) is 88.7 Å². The van der Waals surface area contributed by atoms with Crippen LogP contribution in [0.4, 0.5) is 0 Å². The molecule has 2 amide bonds. The Balaban J connectivity index is 0.876. The van der Waals surface area contributed by atoms with Crippen molar-refractivity contribution in [2.75, 3.05) is 26.2 Å². The highest BCUT2D eigenvalue weighted by Gasteiger charge is 2.52. The number of nitrogens with one attached hydrogen (secondary N) is 1. The monoisotopic (exact) mass is 799 g/mol. The number of amides is 2. The first-order chi connectivity index (χ1) is 29.2. The van der Waals surface area contributed by atoms with Gasteiger partial charge in [-0.25, -0.2) is 0 Å². The maximum atomic E-state index is 13.8. The molecular weight excluding hydrogens is 749 g/mol. The van der Waals surface area contributed by atoms with Gasteiger partial charge in [0.1, 0.15) is 5.69 Å². The fourth-order valence-electron chi connectivity index (χ4n) is 9.32. The van der Waals surface area contributed by atoms with E-state index in [1.165, 1.54) is 11.1 Å². The van der Waals surface area contributed by atoms with Crippen LogP contribution in [0.1, 0.15) is 93.1 Å². The van der Waals surface area contributed by atoms with Crippen molar-refractivity contribution in [3.63, 3.8) is 0 Å². The number of likely N-dealkylation sites (tertiary alicyclic amines) is 2. The Labute approximate surface area is 351 Å². The van der Waals surface area contributed by atoms with Crippen molar-refractivity contribution in [1.29, 1.82) is 0 Å². The summed E-state index contributed by atoms with van der Waals surface area (Å²) < 4.78 is 12.5. The van der Waals surface area contributed by atoms with Crippen molar-refractivity contribution >= 4 is 41.3 Å². The van der Waals surface area contributed by atoms with Crippen molar-refractivity contribution in [2.24, 2.45) is 11.5 Å². The molecule has 6 aromatic rings. The molecule has 3 aliphatic rings. The van der Waals surface area contributed by atoms with E-state index >= 15 is 0 Å². The Morgan fingerprint density at radius 2 is 1.27 bits per heavy atom. The number of nitrogens with zero attached hydrogens (tertiary/aromatic N) is 2. The zero-order chi connectivity index (χ0) is 41.4. The minimum Gasteiger partial charge on any atom is -0.503 e. The largest absolute Gasteiger partial charge is 0.565 e. The first-order valence-corrected chi connectivity index (χ1v) is 21.1. The average molecular weight is 800 g/mol. The van der Waals surface area contributed by atoms with Crippen molar-refractivity contribution in [1.82, 2.24) is 14.8 Å². The second-order valence-electron chi connectivity index (χ2n) is 16.6. The van der Waals surface area contributed by atoms with Gasteiger partial charge < -0.3 is 35.6 Å². The van der Waals surface area contributed by atoms with Gasteiger partial charge in [0.15, 0.2) is 5.60 Å². The van der Waals surface area contributed by atoms with Crippen LogP contribution in [0.5, 0.6) is 0 Å². The molecule has 1 aromatic heterocycles. The van der Waals surface area contributed by atoms with E-state index in [2.05, 4.69) is 47.4 Å². The Morgan fingerprint density at radius 3 is 1.90 bits per heavy atom. The van der Waals surface area contributed by atoms with E-state index in [9.17, 15) is 14.4 Å². The number of aromatic amines is 1. The van der Waals surface area contributed by atoms with Crippen molar-refractivity contribution < 1.29 is 23.7 Å². The summed E-state index contributed by atoms with van der Waals surface area (Å²) in [6.45, 7) is 5.44. The summed E-state index contributed by atoms with van der Waals surface area (Å²) in [4.78, 5) is 48.5. The predicted octanol–water partition coefficient (Wildman–Crippen LogP) is 6.98. The lowest BCUT2D eigenvalue weighted by Crippen LogP contribution is -2.38. The molecule has 1 atom stereocenters. The Kier molecular flexibility index (Phi) is 10.9. The summed E-state index contributed by atoms with van der Waals surface area (Å²) in [5, 5.41) is 0.731. The van der Waals surface area contributed by atoms with Crippen LogP contribution < -0.4 is 16.9 Å². The maximum absolute atomic E-state index is 13.8. The molecule has 60 heavy (non-hydrogen) atoms. The van der Waals surface area contributed by atoms with E-state index < -0.39 is 18.7 Å². The van der Waals surface area contributed by atoms with Crippen LogP contribution in [0.3, 0.4) is 0 Å². The number of benzene rings is 5. The van der Waals surface area contributed by atoms with E-state index in [4.69, 9.17) is 20.8 Å². The van der Waals surface area contributed by atoms with Crippen LogP contribution in [-0.4, -0.2) is 65.9 Å². The van der Waals surface area contributed by atoms with Crippen LogP contribution in [-0.2, 0) is 32.8 Å². The summed E-state index contributed by atoms with van der Waals surface area (Å²) in [5.74, 6) is 0.231. The summed E-state index contributed by atoms with van der Waals surface area (Å²) in [6.07, 6.45) is 3.56. The number of carbonyl (C=O) groups excluding carboxylic acids is 3. The highest BCUT2D eigenvalue weighted by molar-refractivity contribution is 6.64. The van der Waals surface area contributed by atoms with Crippen LogP contribution in [0.2, 0.25) is 0 Å². The van der Waals surface area contributed by atoms with Gasteiger partial charge in [-0.15, -0.1) is 0 Å². The minimum atomic E-state index is -1.42. The molecule has 0 saturated carbocycles. The molecule has 4 heterocycles. The highest BCUT2D eigenvalue weighted by atomic mass is 16.7. The lowest BCUT2D eigenvalue weighted by Gasteiger charge is -2.32. The third-order valence-corrected chi connectivity index (χ3v) is 12.8. The van der Waals surface area contributed by atoms with Gasteiger partial charge in [0.05, 0.1) is 0 Å². The molecule has 0 radical (unpaired) electrons. The topological polar surface area (TPSA) is 144 Å². The molecule has 0 bridgehead atoms. The molecule has 3 saturated heterocycles. The molecule has 0 unspecified atom stereocenters. The predicted molar refractivity (Wildman–Crippen MR) is 235 cm³/mol. The van der Waals surface area contributed by atoms with Gasteiger partial charge >= 0.3 is 13.1 Å². The number of fused-ring (bicyclic) bond motifs is 1. The number of aromatic nitrogens is 1. The van der Waals surface area contributed by atoms with E-state index in [-0.39, 0.29) is 11.8 Å². The molecule has 5 aromatic carbocycles. The number of hydrogen-bond acceptors (Lipinski definition) is 7. The van der Waals surface area contributed by atoms with Crippen LogP contribution in [0.25, 0.3) is 22.0 Å². The molecule has 5 N–H and O–H groups in total. The first-order valence-electron chi connectivity index (χ1n) is 21.1. The van der Waals surface area contributed by atoms with Gasteiger partial charge in [-0.3, -0.25) is 14.4 Å². The maximum Gasteiger partial charge on any atom is 0.565 e. The normalized spacial score (nSPS) is 18.9. The molecule has 9 rings (SSSR count). The fraction of sp³-hybridized carbons (Fsp3) is 0.286. The number of nitrogens with two attached hydrogens (primary N) is 2. The second-order valence-corrected chi connectivity index (χ2v) is 16.6. The standard InChI is InChI=1S/C49H50BN5O5/c1-49(43-15-6-16-44-42(43)29-45(53-44)47(57)55-23-19-35(20-24-55)37-10-3-8-33(26-37)31-52)48(58)59-50(60-49)41-14-5-12-39(28-41)38-11-4-13-40(27-38)46(56)54-21-17-34(18-22-54)36-9-2-7-32(25-36)30-51/h2-16,25-29,34-35,53H,17-24,30-31,51-52H2,1H3/t49-/m0/s1. The van der Waals surface area contributed by atoms with Crippen molar-refractivity contribution in [3.05, 3.63) is 160 Å². The lowest BCUT2D eigenvalue weighted by molar-refractivity contribution is -0.142. The smallest absolute Gasteiger partial charge is 0.503 e. The van der Waals surface area contributed by atoms with E-state index in [0.717, 1.165) is 58.8 Å². The number of carbonyl (C=O) groups is 3. The molecule has 0 spiro atoms. The number of piperidine rings is 2. The zero-order valence-electron chi connectivity index (χ0n) is 33.9. The van der Waals surface area contributed by atoms with E-state index in [1.54, 1.807) is 6.92 Å². The van der Waals surface area contributed by atoms with Gasteiger partial charge in [0.2, 0.25) is 0 Å².